The molecule has 0 fully saturated rings. The fourth-order valence-electron chi connectivity index (χ4n) is 5.07. The average Bonchev–Trinajstić information content (AvgIpc) is 2.98. The van der Waals surface area contributed by atoms with Crippen LogP contribution in [0.15, 0.2) is 127 Å². The summed E-state index contributed by atoms with van der Waals surface area (Å²) in [5, 5.41) is 2.58. The van der Waals surface area contributed by atoms with Gasteiger partial charge in [0, 0.05) is 23.8 Å². The highest BCUT2D eigenvalue weighted by atomic mass is 15.1. The first-order valence-corrected chi connectivity index (χ1v) is 15.2. The van der Waals surface area contributed by atoms with E-state index in [1.54, 1.807) is 0 Å². The van der Waals surface area contributed by atoms with E-state index in [2.05, 4.69) is 181 Å². The molecule has 0 atom stereocenters. The number of anilines is 1. The van der Waals surface area contributed by atoms with Crippen LogP contribution < -0.4 is 4.90 Å². The minimum Gasteiger partial charge on any atom is -0.344 e. The van der Waals surface area contributed by atoms with Gasteiger partial charge in [-0.3, -0.25) is 0 Å². The Balaban J connectivity index is 0.000000686. The number of nitrogens with zero attached hydrogens (tertiary/aromatic N) is 2. The van der Waals surface area contributed by atoms with E-state index in [1.165, 1.54) is 51.8 Å². The number of allylic oxidation sites excluding steroid dienone is 9. The molecule has 4 rings (SSSR count). The van der Waals surface area contributed by atoms with Crippen LogP contribution in [0.4, 0.5) is 5.69 Å². The highest BCUT2D eigenvalue weighted by molar-refractivity contribution is 5.88. The summed E-state index contributed by atoms with van der Waals surface area (Å²) >= 11 is 0. The molecule has 42 heavy (non-hydrogen) atoms. The predicted octanol–water partition coefficient (Wildman–Crippen LogP) is 10.7. The molecule has 0 bridgehead atoms. The molecule has 3 aromatic rings. The third-order valence-electron chi connectivity index (χ3n) is 7.36. The number of hydrogen-bond acceptors (Lipinski definition) is 2. The Labute approximate surface area is 256 Å². The summed E-state index contributed by atoms with van der Waals surface area (Å²) in [6.45, 7) is 18.5. The van der Waals surface area contributed by atoms with Crippen molar-refractivity contribution in [2.75, 3.05) is 32.6 Å². The second kappa shape index (κ2) is 17.2. The van der Waals surface area contributed by atoms with Crippen molar-refractivity contribution >= 4 is 22.5 Å². The van der Waals surface area contributed by atoms with Gasteiger partial charge in [-0.15, -0.1) is 0 Å². The monoisotopic (exact) mass is 560 g/mol. The molecule has 0 radical (unpaired) electrons. The Kier molecular flexibility index (Phi) is 14.0. The Morgan fingerprint density at radius 1 is 0.857 bits per heavy atom. The van der Waals surface area contributed by atoms with Gasteiger partial charge in [-0.05, 0) is 85.2 Å². The number of benzene rings is 3. The number of rotatable bonds is 8. The third-order valence-corrected chi connectivity index (χ3v) is 7.36. The maximum Gasteiger partial charge on any atom is 0.0481 e. The summed E-state index contributed by atoms with van der Waals surface area (Å²) in [6, 6.07) is 21.5. The number of aryl methyl sites for hydroxylation is 1. The second-order valence-electron chi connectivity index (χ2n) is 11.1. The fourth-order valence-corrected chi connectivity index (χ4v) is 5.07. The number of fused-ring (bicyclic) bond motifs is 2. The first-order chi connectivity index (χ1) is 20.2. The van der Waals surface area contributed by atoms with Crippen LogP contribution in [0.3, 0.4) is 0 Å². The summed E-state index contributed by atoms with van der Waals surface area (Å²) in [6.07, 6.45) is 20.1. The molecule has 0 spiro atoms. The molecule has 3 aromatic carbocycles. The zero-order chi connectivity index (χ0) is 31.1. The summed E-state index contributed by atoms with van der Waals surface area (Å²) in [4.78, 5) is 4.39. The van der Waals surface area contributed by atoms with Crippen LogP contribution in [0, 0.1) is 6.92 Å². The predicted molar refractivity (Wildman–Crippen MR) is 190 cm³/mol. The smallest absolute Gasteiger partial charge is 0.0481 e. The SMILES string of the molecule is C=C(/C=C/C=C/C=C/C=C1\C=Cc2ccccc2N1C)C(C)(C)c1c(C)ccc2ccccc12.CC.CCCN(C)C. The molecule has 1 heterocycles. The Bertz CT molecular complexity index is 1440. The van der Waals surface area contributed by atoms with Gasteiger partial charge in [-0.2, -0.15) is 0 Å². The molecule has 2 nitrogen and oxygen atoms in total. The van der Waals surface area contributed by atoms with Crippen molar-refractivity contribution in [3.8, 4) is 0 Å². The topological polar surface area (TPSA) is 6.48 Å². The lowest BCUT2D eigenvalue weighted by Gasteiger charge is -2.29. The van der Waals surface area contributed by atoms with Crippen LogP contribution in [0.1, 0.15) is 57.7 Å². The fraction of sp³-hybridized carbons (Fsp3) is 0.300. The number of likely N-dealkylation sites (N-methyl/N-ethyl adjacent to an activating group) is 1. The minimum atomic E-state index is -0.163. The van der Waals surface area contributed by atoms with Gasteiger partial charge in [-0.25, -0.2) is 0 Å². The zero-order valence-electron chi connectivity index (χ0n) is 27.5. The third kappa shape index (κ3) is 9.33. The molecule has 1 aliphatic rings. The second-order valence-corrected chi connectivity index (χ2v) is 11.1. The highest BCUT2D eigenvalue weighted by Gasteiger charge is 2.26. The van der Waals surface area contributed by atoms with E-state index in [9.17, 15) is 0 Å². The quantitative estimate of drug-likeness (QED) is 0.253. The van der Waals surface area contributed by atoms with Crippen molar-refractivity contribution in [1.82, 2.24) is 4.90 Å². The molecule has 0 aliphatic carbocycles. The van der Waals surface area contributed by atoms with E-state index in [0.717, 1.165) is 5.57 Å². The molecule has 0 unspecified atom stereocenters. The van der Waals surface area contributed by atoms with Crippen LogP contribution in [0.2, 0.25) is 0 Å². The van der Waals surface area contributed by atoms with Crippen molar-refractivity contribution in [3.63, 3.8) is 0 Å². The Morgan fingerprint density at radius 2 is 1.50 bits per heavy atom. The summed E-state index contributed by atoms with van der Waals surface area (Å²) in [5.41, 5.74) is 7.22. The molecule has 0 saturated heterocycles. The molecule has 222 valence electrons. The van der Waals surface area contributed by atoms with Crippen LogP contribution in [-0.4, -0.2) is 32.6 Å². The van der Waals surface area contributed by atoms with Crippen molar-refractivity contribution in [2.45, 2.75) is 53.4 Å². The van der Waals surface area contributed by atoms with E-state index in [-0.39, 0.29) is 5.41 Å². The Hall–Kier alpha value is -3.88. The van der Waals surface area contributed by atoms with E-state index >= 15 is 0 Å². The lowest BCUT2D eigenvalue weighted by molar-refractivity contribution is 0.408. The van der Waals surface area contributed by atoms with Gasteiger partial charge in [0.05, 0.1) is 0 Å². The summed E-state index contributed by atoms with van der Waals surface area (Å²) in [5.74, 6) is 0. The highest BCUT2D eigenvalue weighted by Crippen LogP contribution is 2.38. The van der Waals surface area contributed by atoms with E-state index in [4.69, 9.17) is 0 Å². The summed E-state index contributed by atoms with van der Waals surface area (Å²) in [7, 11) is 6.28. The van der Waals surface area contributed by atoms with E-state index in [1.807, 2.05) is 13.8 Å². The molecule has 2 heteroatoms. The number of hydrogen-bond donors (Lipinski definition) is 0. The van der Waals surface area contributed by atoms with Crippen LogP contribution >= 0.6 is 0 Å². The standard InChI is InChI=1S/C33H33N.C5H13N.C2H6/c1-25-21-22-27-16-11-13-19-30(27)32(25)33(3,4)26(2)15-9-7-6-8-10-18-29-24-23-28-17-12-14-20-31(28)34(29)5;1-4-5-6(2)3;1-2/h6-24H,2H2,1,3-5H3;4-5H2,1-3H3;1-2H3/b7-6+,10-8+,15-9+,29-18+;;. The molecule has 0 N–H and O–H groups in total. The van der Waals surface area contributed by atoms with Crippen molar-refractivity contribution < 1.29 is 0 Å². The van der Waals surface area contributed by atoms with Gasteiger partial charge in [0.2, 0.25) is 0 Å². The van der Waals surface area contributed by atoms with Gasteiger partial charge < -0.3 is 9.80 Å². The lowest BCUT2D eigenvalue weighted by Crippen LogP contribution is -2.20. The molecule has 0 saturated carbocycles. The number of para-hydroxylation sites is 1. The first kappa shape index (κ1) is 34.3. The molecule has 0 amide bonds. The molecular formula is C40H52N2. The van der Waals surface area contributed by atoms with Gasteiger partial charge in [0.15, 0.2) is 0 Å². The van der Waals surface area contributed by atoms with Gasteiger partial charge >= 0.3 is 0 Å². The lowest BCUT2D eigenvalue weighted by atomic mass is 9.74. The molecule has 0 aromatic heterocycles. The molecular weight excluding hydrogens is 508 g/mol. The van der Waals surface area contributed by atoms with Crippen LogP contribution in [0.5, 0.6) is 0 Å². The van der Waals surface area contributed by atoms with Gasteiger partial charge in [0.1, 0.15) is 0 Å². The molecule has 1 aliphatic heterocycles. The van der Waals surface area contributed by atoms with Crippen LogP contribution in [0.25, 0.3) is 16.8 Å². The Morgan fingerprint density at radius 3 is 2.19 bits per heavy atom. The largest absolute Gasteiger partial charge is 0.344 e. The van der Waals surface area contributed by atoms with E-state index < -0.39 is 0 Å². The maximum atomic E-state index is 4.41. The van der Waals surface area contributed by atoms with Crippen LogP contribution in [-0.2, 0) is 5.41 Å². The first-order valence-electron chi connectivity index (χ1n) is 15.2. The van der Waals surface area contributed by atoms with Crippen molar-refractivity contribution in [3.05, 3.63) is 144 Å². The maximum absolute atomic E-state index is 4.41. The van der Waals surface area contributed by atoms with Crippen molar-refractivity contribution in [1.29, 1.82) is 0 Å². The van der Waals surface area contributed by atoms with Gasteiger partial charge in [0.25, 0.3) is 0 Å². The normalized spacial score (nSPS) is 14.0. The van der Waals surface area contributed by atoms with E-state index in [0.29, 0.717) is 0 Å². The average molecular weight is 561 g/mol. The zero-order valence-corrected chi connectivity index (χ0v) is 27.5. The van der Waals surface area contributed by atoms with Crippen molar-refractivity contribution in [2.24, 2.45) is 0 Å². The summed E-state index contributed by atoms with van der Waals surface area (Å²) < 4.78 is 0. The van der Waals surface area contributed by atoms with Gasteiger partial charge in [-0.1, -0.05) is 138 Å². The minimum absolute atomic E-state index is 0.163.